The Bertz CT molecular complexity index is 947. The van der Waals surface area contributed by atoms with Crippen molar-refractivity contribution in [2.75, 3.05) is 11.4 Å². The van der Waals surface area contributed by atoms with Crippen molar-refractivity contribution in [1.29, 1.82) is 0 Å². The third-order valence-corrected chi connectivity index (χ3v) is 5.86. The van der Waals surface area contributed by atoms with E-state index in [0.717, 1.165) is 62.9 Å². The van der Waals surface area contributed by atoms with Crippen molar-refractivity contribution < 1.29 is 0 Å². The molecule has 0 aliphatic carbocycles. The molecule has 0 bridgehead atoms. The van der Waals surface area contributed by atoms with Crippen LogP contribution in [0.1, 0.15) is 44.0 Å². The number of rotatable bonds is 4. The molecule has 1 N–H and O–H groups in total. The van der Waals surface area contributed by atoms with Gasteiger partial charge in [-0.15, -0.1) is 0 Å². The number of H-pyrrole nitrogens is 1. The Kier molecular flexibility index (Phi) is 4.85. The zero-order valence-electron chi connectivity index (χ0n) is 15.1. The van der Waals surface area contributed by atoms with Crippen molar-refractivity contribution in [2.24, 2.45) is 5.92 Å². The lowest BCUT2D eigenvalue weighted by molar-refractivity contribution is 0.481. The van der Waals surface area contributed by atoms with Crippen molar-refractivity contribution in [3.8, 4) is 0 Å². The minimum atomic E-state index is 0.203. The van der Waals surface area contributed by atoms with E-state index in [-0.39, 0.29) is 6.04 Å². The Labute approximate surface area is 171 Å². The summed E-state index contributed by atoms with van der Waals surface area (Å²) in [6.45, 7) is 8.22. The average molecular weight is 485 g/mol. The first kappa shape index (κ1) is 18.0. The maximum Gasteiger partial charge on any atom is 0.143 e. The number of aromatic amines is 1. The minimum Gasteiger partial charge on any atom is -0.349 e. The monoisotopic (exact) mass is 484 g/mol. The van der Waals surface area contributed by atoms with Gasteiger partial charge in [0.25, 0.3) is 0 Å². The molecule has 3 aromatic rings. The lowest BCUT2D eigenvalue weighted by Gasteiger charge is -2.26. The van der Waals surface area contributed by atoms with E-state index in [9.17, 15) is 0 Å². The topological polar surface area (TPSA) is 62.6 Å². The summed E-state index contributed by atoms with van der Waals surface area (Å²) in [7, 11) is 0. The lowest BCUT2D eigenvalue weighted by Crippen LogP contribution is -2.24. The fourth-order valence-corrected chi connectivity index (χ4v) is 4.79. The van der Waals surface area contributed by atoms with Crippen LogP contribution in [0.5, 0.6) is 0 Å². The van der Waals surface area contributed by atoms with Gasteiger partial charge in [0.05, 0.1) is 20.8 Å². The zero-order valence-corrected chi connectivity index (χ0v) is 18.0. The highest BCUT2D eigenvalue weighted by Crippen LogP contribution is 2.41. The maximum absolute atomic E-state index is 6.76. The van der Waals surface area contributed by atoms with E-state index in [2.05, 4.69) is 69.3 Å². The molecule has 1 aliphatic heterocycles. The highest BCUT2D eigenvalue weighted by molar-refractivity contribution is 14.1. The molecule has 8 heteroatoms. The second-order valence-electron chi connectivity index (χ2n) is 7.29. The summed E-state index contributed by atoms with van der Waals surface area (Å²) < 4.78 is 3.01. The van der Waals surface area contributed by atoms with E-state index in [1.807, 2.05) is 4.68 Å². The molecule has 1 fully saturated rings. The highest BCUT2D eigenvalue weighted by atomic mass is 127. The third kappa shape index (κ3) is 3.09. The SMILES string of the molecule is Cc1nn(CC(C)C)c(Cl)c1C1CCCN1c1ncnc2[nH]c(I)cc12. The van der Waals surface area contributed by atoms with E-state index >= 15 is 0 Å². The Balaban J connectivity index is 1.77. The highest BCUT2D eigenvalue weighted by Gasteiger charge is 2.33. The van der Waals surface area contributed by atoms with Gasteiger partial charge in [0.2, 0.25) is 0 Å². The molecule has 138 valence electrons. The average Bonchev–Trinajstić information content (AvgIpc) is 3.24. The van der Waals surface area contributed by atoms with Crippen LogP contribution in [0.25, 0.3) is 11.0 Å². The fourth-order valence-electron chi connectivity index (χ4n) is 3.86. The molecule has 1 unspecified atom stereocenters. The number of anilines is 1. The molecule has 26 heavy (non-hydrogen) atoms. The molecule has 0 amide bonds. The van der Waals surface area contributed by atoms with E-state index in [4.69, 9.17) is 16.7 Å². The van der Waals surface area contributed by atoms with E-state index < -0.39 is 0 Å². The first-order valence-electron chi connectivity index (χ1n) is 8.94. The molecule has 1 atom stereocenters. The molecule has 4 rings (SSSR count). The number of halogens is 2. The number of aromatic nitrogens is 5. The molecule has 3 aromatic heterocycles. The number of hydrogen-bond donors (Lipinski definition) is 1. The Morgan fingerprint density at radius 3 is 2.96 bits per heavy atom. The van der Waals surface area contributed by atoms with Gasteiger partial charge in [-0.3, -0.25) is 4.68 Å². The normalized spacial score (nSPS) is 17.8. The Morgan fingerprint density at radius 2 is 2.19 bits per heavy atom. The van der Waals surface area contributed by atoms with Gasteiger partial charge in [-0.2, -0.15) is 5.10 Å². The molecule has 1 saturated heterocycles. The van der Waals surface area contributed by atoms with Crippen LogP contribution in [0, 0.1) is 16.5 Å². The minimum absolute atomic E-state index is 0.203. The summed E-state index contributed by atoms with van der Waals surface area (Å²) in [5, 5.41) is 6.54. The maximum atomic E-state index is 6.76. The van der Waals surface area contributed by atoms with Crippen molar-refractivity contribution in [1.82, 2.24) is 24.7 Å². The first-order chi connectivity index (χ1) is 12.5. The van der Waals surface area contributed by atoms with Gasteiger partial charge in [0, 0.05) is 18.7 Å². The van der Waals surface area contributed by atoms with Gasteiger partial charge in [0.15, 0.2) is 0 Å². The smallest absolute Gasteiger partial charge is 0.143 e. The van der Waals surface area contributed by atoms with Crippen molar-refractivity contribution >= 4 is 51.0 Å². The van der Waals surface area contributed by atoms with E-state index in [1.54, 1.807) is 6.33 Å². The summed E-state index contributed by atoms with van der Waals surface area (Å²) >= 11 is 9.04. The van der Waals surface area contributed by atoms with Crippen LogP contribution in [0.4, 0.5) is 5.82 Å². The molecule has 4 heterocycles. The molecule has 0 aromatic carbocycles. The number of hydrogen-bond acceptors (Lipinski definition) is 4. The molecule has 0 saturated carbocycles. The summed E-state index contributed by atoms with van der Waals surface area (Å²) in [5.41, 5.74) is 3.03. The summed E-state index contributed by atoms with van der Waals surface area (Å²) in [6, 6.07) is 2.31. The predicted molar refractivity (Wildman–Crippen MR) is 113 cm³/mol. The predicted octanol–water partition coefficient (Wildman–Crippen LogP) is 4.72. The standard InChI is InChI=1S/C18H22ClIN6/c1-10(2)8-26-16(19)15(11(3)24-26)13-5-4-6-25(13)18-12-7-14(20)23-17(12)21-9-22-18/h7,9-10,13H,4-6,8H2,1-3H3,(H,21,22,23). The number of fused-ring (bicyclic) bond motifs is 1. The second kappa shape index (κ2) is 6.99. The van der Waals surface area contributed by atoms with Crippen molar-refractivity contribution in [2.45, 2.75) is 46.2 Å². The van der Waals surface area contributed by atoms with Crippen LogP contribution in [0.15, 0.2) is 12.4 Å². The van der Waals surface area contributed by atoms with Gasteiger partial charge in [-0.25, -0.2) is 9.97 Å². The molecule has 1 aliphatic rings. The van der Waals surface area contributed by atoms with Gasteiger partial charge < -0.3 is 9.88 Å². The summed E-state index contributed by atoms with van der Waals surface area (Å²) in [4.78, 5) is 14.6. The van der Waals surface area contributed by atoms with Crippen LogP contribution in [-0.2, 0) is 6.54 Å². The third-order valence-electron chi connectivity index (χ3n) is 4.88. The summed E-state index contributed by atoms with van der Waals surface area (Å²) in [6.07, 6.45) is 3.81. The van der Waals surface area contributed by atoms with Gasteiger partial charge in [-0.1, -0.05) is 25.4 Å². The quantitative estimate of drug-likeness (QED) is 0.545. The molecular weight excluding hydrogens is 463 g/mol. The van der Waals surface area contributed by atoms with Crippen LogP contribution >= 0.6 is 34.2 Å². The Morgan fingerprint density at radius 1 is 1.38 bits per heavy atom. The number of nitrogens with zero attached hydrogens (tertiary/aromatic N) is 5. The van der Waals surface area contributed by atoms with Crippen molar-refractivity contribution in [3.05, 3.63) is 32.5 Å². The van der Waals surface area contributed by atoms with Gasteiger partial charge >= 0.3 is 0 Å². The first-order valence-corrected chi connectivity index (χ1v) is 10.4. The Hall–Kier alpha value is -1.35. The molecule has 0 radical (unpaired) electrons. The van der Waals surface area contributed by atoms with Gasteiger partial charge in [-0.05, 0) is 54.3 Å². The van der Waals surface area contributed by atoms with Crippen LogP contribution in [-0.4, -0.2) is 31.3 Å². The summed E-state index contributed by atoms with van der Waals surface area (Å²) in [5.74, 6) is 1.48. The van der Waals surface area contributed by atoms with Gasteiger partial charge in [0.1, 0.15) is 22.9 Å². The zero-order chi connectivity index (χ0) is 18.4. The second-order valence-corrected chi connectivity index (χ2v) is 8.81. The van der Waals surface area contributed by atoms with E-state index in [0.29, 0.717) is 5.92 Å². The largest absolute Gasteiger partial charge is 0.349 e. The van der Waals surface area contributed by atoms with Crippen LogP contribution in [0.3, 0.4) is 0 Å². The molecule has 6 nitrogen and oxygen atoms in total. The van der Waals surface area contributed by atoms with E-state index in [1.165, 1.54) is 0 Å². The molecule has 0 spiro atoms. The number of nitrogens with one attached hydrogen (secondary N) is 1. The molecular formula is C18H22ClIN6. The van der Waals surface area contributed by atoms with Crippen LogP contribution < -0.4 is 4.90 Å². The van der Waals surface area contributed by atoms with Crippen LogP contribution in [0.2, 0.25) is 5.15 Å². The van der Waals surface area contributed by atoms with Crippen molar-refractivity contribution in [3.63, 3.8) is 0 Å². The number of aryl methyl sites for hydroxylation is 1. The fraction of sp³-hybridized carbons (Fsp3) is 0.500. The lowest BCUT2D eigenvalue weighted by atomic mass is 10.1.